The van der Waals surface area contributed by atoms with Gasteiger partial charge in [0.05, 0.1) is 5.69 Å². The van der Waals surface area contributed by atoms with Crippen LogP contribution in [0, 0.1) is 0 Å². The number of benzene rings is 1. The van der Waals surface area contributed by atoms with Crippen LogP contribution in [-0.4, -0.2) is 15.8 Å². The summed E-state index contributed by atoms with van der Waals surface area (Å²) in [4.78, 5) is 0. The summed E-state index contributed by atoms with van der Waals surface area (Å²) in [7, 11) is 0. The van der Waals surface area contributed by atoms with Gasteiger partial charge in [-0.05, 0) is 24.6 Å². The standard InChI is InChI=1S/C13H17N3/c1-2-11(14)10-13-8-9-15-16(13)12-6-4-3-5-7-12/h3-9,11H,2,10,14H2,1H3. The third-order valence-corrected chi connectivity index (χ3v) is 2.72. The van der Waals surface area contributed by atoms with Gasteiger partial charge >= 0.3 is 0 Å². The Hall–Kier alpha value is -1.61. The first-order chi connectivity index (χ1) is 7.81. The maximum Gasteiger partial charge on any atom is 0.0648 e. The normalized spacial score (nSPS) is 12.6. The maximum atomic E-state index is 5.97. The van der Waals surface area contributed by atoms with Crippen LogP contribution in [0.3, 0.4) is 0 Å². The van der Waals surface area contributed by atoms with Gasteiger partial charge in [0.25, 0.3) is 0 Å². The molecule has 16 heavy (non-hydrogen) atoms. The Balaban J connectivity index is 2.26. The van der Waals surface area contributed by atoms with Crippen LogP contribution in [0.2, 0.25) is 0 Å². The Bertz CT molecular complexity index is 433. The summed E-state index contributed by atoms with van der Waals surface area (Å²) in [6.45, 7) is 2.11. The van der Waals surface area contributed by atoms with Crippen molar-refractivity contribution in [2.24, 2.45) is 5.73 Å². The van der Waals surface area contributed by atoms with E-state index in [0.717, 1.165) is 18.5 Å². The summed E-state index contributed by atoms with van der Waals surface area (Å²) in [5.74, 6) is 0. The van der Waals surface area contributed by atoms with Gasteiger partial charge < -0.3 is 5.73 Å². The number of hydrogen-bond donors (Lipinski definition) is 1. The molecule has 0 aliphatic rings. The average Bonchev–Trinajstić information content (AvgIpc) is 2.78. The highest BCUT2D eigenvalue weighted by Crippen LogP contribution is 2.11. The zero-order valence-electron chi connectivity index (χ0n) is 9.50. The third-order valence-electron chi connectivity index (χ3n) is 2.72. The van der Waals surface area contributed by atoms with Crippen LogP contribution in [0.15, 0.2) is 42.6 Å². The van der Waals surface area contributed by atoms with Gasteiger partial charge in [-0.15, -0.1) is 0 Å². The second-order valence-electron chi connectivity index (χ2n) is 3.94. The fourth-order valence-electron chi connectivity index (χ4n) is 1.70. The number of aromatic nitrogens is 2. The molecule has 84 valence electrons. The first kappa shape index (κ1) is 10.9. The zero-order chi connectivity index (χ0) is 11.4. The number of hydrogen-bond acceptors (Lipinski definition) is 2. The molecule has 3 heteroatoms. The molecule has 0 bridgehead atoms. The van der Waals surface area contributed by atoms with Crippen LogP contribution in [0.25, 0.3) is 5.69 Å². The highest BCUT2D eigenvalue weighted by molar-refractivity contribution is 5.32. The van der Waals surface area contributed by atoms with Gasteiger partial charge in [-0.1, -0.05) is 25.1 Å². The fraction of sp³-hybridized carbons (Fsp3) is 0.308. The van der Waals surface area contributed by atoms with E-state index in [0.29, 0.717) is 0 Å². The summed E-state index contributed by atoms with van der Waals surface area (Å²) in [5, 5.41) is 4.33. The molecule has 1 unspecified atom stereocenters. The van der Waals surface area contributed by atoms with E-state index in [1.54, 1.807) is 0 Å². The number of para-hydroxylation sites is 1. The van der Waals surface area contributed by atoms with Crippen molar-refractivity contribution in [3.05, 3.63) is 48.3 Å². The molecule has 0 aliphatic carbocycles. The van der Waals surface area contributed by atoms with Gasteiger partial charge in [0.1, 0.15) is 0 Å². The van der Waals surface area contributed by atoms with Crippen molar-refractivity contribution in [3.8, 4) is 5.69 Å². The molecule has 0 radical (unpaired) electrons. The van der Waals surface area contributed by atoms with Crippen LogP contribution in [0.1, 0.15) is 19.0 Å². The van der Waals surface area contributed by atoms with Gasteiger partial charge in [0.2, 0.25) is 0 Å². The van der Waals surface area contributed by atoms with Crippen molar-refractivity contribution in [3.63, 3.8) is 0 Å². The molecule has 0 aliphatic heterocycles. The van der Waals surface area contributed by atoms with E-state index in [1.807, 2.05) is 47.3 Å². The van der Waals surface area contributed by atoms with Crippen molar-refractivity contribution >= 4 is 0 Å². The lowest BCUT2D eigenvalue weighted by molar-refractivity contribution is 0.620. The molecular weight excluding hydrogens is 198 g/mol. The largest absolute Gasteiger partial charge is 0.327 e. The molecule has 1 aromatic carbocycles. The predicted octanol–water partition coefficient (Wildman–Crippen LogP) is 2.15. The topological polar surface area (TPSA) is 43.8 Å². The van der Waals surface area contributed by atoms with Crippen LogP contribution in [-0.2, 0) is 6.42 Å². The maximum absolute atomic E-state index is 5.97. The van der Waals surface area contributed by atoms with E-state index in [1.165, 1.54) is 5.69 Å². The Kier molecular flexibility index (Phi) is 3.37. The Morgan fingerprint density at radius 2 is 2.00 bits per heavy atom. The highest BCUT2D eigenvalue weighted by Gasteiger charge is 2.07. The Morgan fingerprint density at radius 3 is 2.69 bits per heavy atom. The quantitative estimate of drug-likeness (QED) is 0.849. The molecule has 1 aromatic heterocycles. The second-order valence-corrected chi connectivity index (χ2v) is 3.94. The minimum Gasteiger partial charge on any atom is -0.327 e. The van der Waals surface area contributed by atoms with Gasteiger partial charge in [-0.25, -0.2) is 4.68 Å². The monoisotopic (exact) mass is 215 g/mol. The molecule has 2 aromatic rings. The van der Waals surface area contributed by atoms with Crippen molar-refractivity contribution in [2.45, 2.75) is 25.8 Å². The van der Waals surface area contributed by atoms with Crippen LogP contribution in [0.4, 0.5) is 0 Å². The average molecular weight is 215 g/mol. The Labute approximate surface area is 95.9 Å². The first-order valence-corrected chi connectivity index (χ1v) is 5.65. The number of nitrogens with two attached hydrogens (primary N) is 1. The smallest absolute Gasteiger partial charge is 0.0648 e. The lowest BCUT2D eigenvalue weighted by Crippen LogP contribution is -2.23. The molecular formula is C13H17N3. The summed E-state index contributed by atoms with van der Waals surface area (Å²) in [6, 6.07) is 12.4. The molecule has 2 rings (SSSR count). The van der Waals surface area contributed by atoms with Crippen LogP contribution in [0.5, 0.6) is 0 Å². The van der Waals surface area contributed by atoms with E-state index >= 15 is 0 Å². The predicted molar refractivity (Wildman–Crippen MR) is 65.5 cm³/mol. The molecule has 1 heterocycles. The van der Waals surface area contributed by atoms with Crippen molar-refractivity contribution in [2.75, 3.05) is 0 Å². The van der Waals surface area contributed by atoms with E-state index in [4.69, 9.17) is 5.73 Å². The summed E-state index contributed by atoms with van der Waals surface area (Å²) in [5.41, 5.74) is 8.23. The molecule has 0 saturated heterocycles. The minimum atomic E-state index is 0.208. The van der Waals surface area contributed by atoms with E-state index in [2.05, 4.69) is 12.0 Å². The SMILES string of the molecule is CCC(N)Cc1ccnn1-c1ccccc1. The molecule has 0 fully saturated rings. The highest BCUT2D eigenvalue weighted by atomic mass is 15.3. The zero-order valence-corrected chi connectivity index (χ0v) is 9.50. The van der Waals surface area contributed by atoms with Crippen molar-refractivity contribution < 1.29 is 0 Å². The van der Waals surface area contributed by atoms with Gasteiger partial charge in [0, 0.05) is 24.4 Å². The molecule has 1 atom stereocenters. The Morgan fingerprint density at radius 1 is 1.25 bits per heavy atom. The van der Waals surface area contributed by atoms with Crippen molar-refractivity contribution in [1.29, 1.82) is 0 Å². The molecule has 0 amide bonds. The summed E-state index contributed by atoms with van der Waals surface area (Å²) < 4.78 is 1.95. The minimum absolute atomic E-state index is 0.208. The first-order valence-electron chi connectivity index (χ1n) is 5.65. The van der Waals surface area contributed by atoms with E-state index < -0.39 is 0 Å². The lowest BCUT2D eigenvalue weighted by Gasteiger charge is -2.11. The lowest BCUT2D eigenvalue weighted by atomic mass is 10.1. The van der Waals surface area contributed by atoms with E-state index in [9.17, 15) is 0 Å². The van der Waals surface area contributed by atoms with Crippen LogP contribution < -0.4 is 5.73 Å². The summed E-state index contributed by atoms with van der Waals surface area (Å²) in [6.07, 6.45) is 3.68. The molecule has 3 nitrogen and oxygen atoms in total. The molecule has 0 saturated carbocycles. The molecule has 2 N–H and O–H groups in total. The van der Waals surface area contributed by atoms with Crippen molar-refractivity contribution in [1.82, 2.24) is 9.78 Å². The summed E-state index contributed by atoms with van der Waals surface area (Å²) >= 11 is 0. The van der Waals surface area contributed by atoms with E-state index in [-0.39, 0.29) is 6.04 Å². The fourth-order valence-corrected chi connectivity index (χ4v) is 1.70. The van der Waals surface area contributed by atoms with Gasteiger partial charge in [0.15, 0.2) is 0 Å². The van der Waals surface area contributed by atoms with Crippen LogP contribution >= 0.6 is 0 Å². The molecule has 0 spiro atoms. The number of rotatable bonds is 4. The second kappa shape index (κ2) is 4.94. The third kappa shape index (κ3) is 2.31. The van der Waals surface area contributed by atoms with Gasteiger partial charge in [-0.2, -0.15) is 5.10 Å². The van der Waals surface area contributed by atoms with Gasteiger partial charge in [-0.3, -0.25) is 0 Å². The number of nitrogens with zero attached hydrogens (tertiary/aromatic N) is 2.